The van der Waals surface area contributed by atoms with Gasteiger partial charge in [-0.3, -0.25) is 0 Å². The average Bonchev–Trinajstić information content (AvgIpc) is 2.14. The Bertz CT molecular complexity index is 439. The molecule has 1 aromatic rings. The van der Waals surface area contributed by atoms with Crippen LogP contribution in [0.25, 0.3) is 0 Å². The third kappa shape index (κ3) is 3.78. The van der Waals surface area contributed by atoms with Crippen LogP contribution < -0.4 is 5.32 Å². The summed E-state index contributed by atoms with van der Waals surface area (Å²) in [6, 6.07) is 8.34. The van der Waals surface area contributed by atoms with E-state index in [0.717, 1.165) is 5.69 Å². The molecule has 0 unspecified atom stereocenters. The van der Waals surface area contributed by atoms with Gasteiger partial charge in [0, 0.05) is 5.54 Å². The molecule has 0 aliphatic heterocycles. The molecule has 0 saturated carbocycles. The lowest BCUT2D eigenvalue weighted by atomic mass is 9.86. The van der Waals surface area contributed by atoms with E-state index < -0.39 is 0 Å². The first-order valence-electron chi connectivity index (χ1n) is 5.96. The second-order valence-corrected chi connectivity index (χ2v) is 6.50. The molecular weight excluding hydrogens is 208 g/mol. The Labute approximate surface area is 105 Å². The molecule has 2 nitrogen and oxygen atoms in total. The summed E-state index contributed by atoms with van der Waals surface area (Å²) in [5.41, 5.74) is 2.86. The SMILES string of the molecule is CC(C)(C)Nc1ccc(C(C)(C)C)cc1C#N. The predicted octanol–water partition coefficient (Wildman–Crippen LogP) is 4.07. The highest BCUT2D eigenvalue weighted by Crippen LogP contribution is 2.27. The molecule has 1 rings (SSSR count). The van der Waals surface area contributed by atoms with Gasteiger partial charge >= 0.3 is 0 Å². The number of nitriles is 1. The second-order valence-electron chi connectivity index (χ2n) is 6.50. The monoisotopic (exact) mass is 230 g/mol. The summed E-state index contributed by atoms with van der Waals surface area (Å²) >= 11 is 0. The number of hydrogen-bond acceptors (Lipinski definition) is 2. The summed E-state index contributed by atoms with van der Waals surface area (Å²) in [5, 5.41) is 12.6. The maximum atomic E-state index is 9.22. The zero-order valence-corrected chi connectivity index (χ0v) is 11.7. The molecule has 0 aliphatic carbocycles. The number of anilines is 1. The number of hydrogen-bond donors (Lipinski definition) is 1. The van der Waals surface area contributed by atoms with Crippen molar-refractivity contribution in [3.05, 3.63) is 29.3 Å². The Hall–Kier alpha value is -1.49. The normalized spacial score (nSPS) is 12.1. The van der Waals surface area contributed by atoms with Crippen LogP contribution in [0.15, 0.2) is 18.2 Å². The zero-order chi connectivity index (χ0) is 13.3. The van der Waals surface area contributed by atoms with E-state index in [1.165, 1.54) is 5.56 Å². The first-order chi connectivity index (χ1) is 7.63. The molecule has 0 saturated heterocycles. The van der Waals surface area contributed by atoms with Crippen LogP contribution in [0, 0.1) is 11.3 Å². The van der Waals surface area contributed by atoms with Gasteiger partial charge in [-0.25, -0.2) is 0 Å². The van der Waals surface area contributed by atoms with Crippen molar-refractivity contribution in [2.45, 2.75) is 52.5 Å². The lowest BCUT2D eigenvalue weighted by molar-refractivity contribution is 0.589. The van der Waals surface area contributed by atoms with Crippen molar-refractivity contribution in [3.63, 3.8) is 0 Å². The molecule has 0 aromatic heterocycles. The predicted molar refractivity (Wildman–Crippen MR) is 73.2 cm³/mol. The van der Waals surface area contributed by atoms with E-state index in [1.54, 1.807) is 0 Å². The third-order valence-electron chi connectivity index (χ3n) is 2.52. The van der Waals surface area contributed by atoms with Crippen molar-refractivity contribution >= 4 is 5.69 Å². The largest absolute Gasteiger partial charge is 0.379 e. The Morgan fingerprint density at radius 1 is 1.06 bits per heavy atom. The molecule has 1 N–H and O–H groups in total. The summed E-state index contributed by atoms with van der Waals surface area (Å²) in [4.78, 5) is 0. The van der Waals surface area contributed by atoms with Crippen molar-refractivity contribution in [1.82, 2.24) is 0 Å². The second kappa shape index (κ2) is 4.41. The number of rotatable bonds is 1. The van der Waals surface area contributed by atoms with Gasteiger partial charge in [-0.05, 0) is 43.9 Å². The Morgan fingerprint density at radius 3 is 2.06 bits per heavy atom. The standard InChI is InChI=1S/C15H22N2/c1-14(2,3)12-7-8-13(11(9-12)10-16)17-15(4,5)6/h7-9,17H,1-6H3. The van der Waals surface area contributed by atoms with Crippen molar-refractivity contribution in [1.29, 1.82) is 5.26 Å². The fourth-order valence-electron chi connectivity index (χ4n) is 1.62. The highest BCUT2D eigenvalue weighted by molar-refractivity contribution is 5.60. The van der Waals surface area contributed by atoms with Gasteiger partial charge in [0.25, 0.3) is 0 Å². The smallest absolute Gasteiger partial charge is 0.101 e. The molecule has 0 fully saturated rings. The van der Waals surface area contributed by atoms with E-state index in [9.17, 15) is 5.26 Å². The maximum absolute atomic E-state index is 9.22. The van der Waals surface area contributed by atoms with E-state index in [-0.39, 0.29) is 11.0 Å². The summed E-state index contributed by atoms with van der Waals surface area (Å²) < 4.78 is 0. The van der Waals surface area contributed by atoms with Crippen molar-refractivity contribution in [2.24, 2.45) is 0 Å². The Kier molecular flexibility index (Phi) is 3.52. The van der Waals surface area contributed by atoms with Gasteiger partial charge < -0.3 is 5.32 Å². The molecule has 0 radical (unpaired) electrons. The third-order valence-corrected chi connectivity index (χ3v) is 2.52. The van der Waals surface area contributed by atoms with Gasteiger partial charge in [0.05, 0.1) is 11.3 Å². The van der Waals surface area contributed by atoms with Crippen LogP contribution in [0.3, 0.4) is 0 Å². The zero-order valence-electron chi connectivity index (χ0n) is 11.7. The molecule has 0 spiro atoms. The molecule has 0 heterocycles. The minimum absolute atomic E-state index is 0.0329. The van der Waals surface area contributed by atoms with Gasteiger partial charge in [-0.15, -0.1) is 0 Å². The van der Waals surface area contributed by atoms with Gasteiger partial charge in [-0.2, -0.15) is 5.26 Å². The molecule has 2 heteroatoms. The molecule has 17 heavy (non-hydrogen) atoms. The van der Waals surface area contributed by atoms with Gasteiger partial charge in [0.1, 0.15) is 6.07 Å². The first kappa shape index (κ1) is 13.6. The topological polar surface area (TPSA) is 35.8 Å². The van der Waals surface area contributed by atoms with Crippen LogP contribution in [0.1, 0.15) is 52.7 Å². The molecule has 92 valence electrons. The lowest BCUT2D eigenvalue weighted by Crippen LogP contribution is -2.26. The van der Waals surface area contributed by atoms with Gasteiger partial charge in [0.2, 0.25) is 0 Å². The van der Waals surface area contributed by atoms with Crippen LogP contribution in [-0.4, -0.2) is 5.54 Å². The summed E-state index contributed by atoms with van der Waals surface area (Å²) in [5.74, 6) is 0. The van der Waals surface area contributed by atoms with Crippen molar-refractivity contribution in [2.75, 3.05) is 5.32 Å². The molecule has 0 bridgehead atoms. The highest BCUT2D eigenvalue weighted by Gasteiger charge is 2.17. The van der Waals surface area contributed by atoms with Gasteiger partial charge in [-0.1, -0.05) is 26.8 Å². The molecule has 0 atom stereocenters. The van der Waals surface area contributed by atoms with E-state index in [4.69, 9.17) is 0 Å². The van der Waals surface area contributed by atoms with Crippen molar-refractivity contribution < 1.29 is 0 Å². The molecule has 0 aliphatic rings. The van der Waals surface area contributed by atoms with Crippen LogP contribution in [0.5, 0.6) is 0 Å². The van der Waals surface area contributed by atoms with Crippen LogP contribution in [0.4, 0.5) is 5.69 Å². The summed E-state index contributed by atoms with van der Waals surface area (Å²) in [6.45, 7) is 12.7. The fourth-order valence-corrected chi connectivity index (χ4v) is 1.62. The summed E-state index contributed by atoms with van der Waals surface area (Å²) in [6.07, 6.45) is 0. The van der Waals surface area contributed by atoms with Crippen LogP contribution >= 0.6 is 0 Å². The maximum Gasteiger partial charge on any atom is 0.101 e. The van der Waals surface area contributed by atoms with E-state index in [1.807, 2.05) is 12.1 Å². The van der Waals surface area contributed by atoms with E-state index in [2.05, 4.69) is 59.0 Å². The van der Waals surface area contributed by atoms with E-state index in [0.29, 0.717) is 5.56 Å². The lowest BCUT2D eigenvalue weighted by Gasteiger charge is -2.25. The minimum Gasteiger partial charge on any atom is -0.379 e. The van der Waals surface area contributed by atoms with Crippen molar-refractivity contribution in [3.8, 4) is 6.07 Å². The van der Waals surface area contributed by atoms with Gasteiger partial charge in [0.15, 0.2) is 0 Å². The van der Waals surface area contributed by atoms with Crippen LogP contribution in [0.2, 0.25) is 0 Å². The minimum atomic E-state index is -0.0329. The average molecular weight is 230 g/mol. The fraction of sp³-hybridized carbons (Fsp3) is 0.533. The van der Waals surface area contributed by atoms with E-state index >= 15 is 0 Å². The number of nitrogens with zero attached hydrogens (tertiary/aromatic N) is 1. The number of nitrogens with one attached hydrogen (secondary N) is 1. The quantitative estimate of drug-likeness (QED) is 0.789. The highest BCUT2D eigenvalue weighted by atomic mass is 15.0. The number of benzene rings is 1. The molecule has 0 amide bonds. The molecule has 1 aromatic carbocycles. The molecular formula is C15H22N2. The van der Waals surface area contributed by atoms with Crippen LogP contribution in [-0.2, 0) is 5.41 Å². The Morgan fingerprint density at radius 2 is 1.65 bits per heavy atom. The first-order valence-corrected chi connectivity index (χ1v) is 5.96. The summed E-state index contributed by atoms with van der Waals surface area (Å²) in [7, 11) is 0. The Balaban J connectivity index is 3.16.